The van der Waals surface area contributed by atoms with Gasteiger partial charge < -0.3 is 14.8 Å². The zero-order valence-corrected chi connectivity index (χ0v) is 8.69. The van der Waals surface area contributed by atoms with Gasteiger partial charge in [-0.25, -0.2) is 4.79 Å². The quantitative estimate of drug-likeness (QED) is 0.797. The van der Waals surface area contributed by atoms with Crippen molar-refractivity contribution in [2.75, 3.05) is 0 Å². The fourth-order valence-electron chi connectivity index (χ4n) is 1.71. The van der Waals surface area contributed by atoms with E-state index in [1.165, 1.54) is 25.3 Å². The number of hydrogen-bond donors (Lipinski definition) is 2. The summed E-state index contributed by atoms with van der Waals surface area (Å²) in [5.74, 6) is -0.316. The Morgan fingerprint density at radius 3 is 2.80 bits per heavy atom. The number of aromatic carboxylic acids is 1. The largest absolute Gasteiger partial charge is 0.475 e. The summed E-state index contributed by atoms with van der Waals surface area (Å²) in [5, 5.41) is 12.1. The molecule has 1 aromatic heterocycles. The molecule has 0 amide bonds. The molecule has 1 aliphatic rings. The van der Waals surface area contributed by atoms with Crippen LogP contribution in [0.1, 0.15) is 48.5 Å². The molecule has 2 N–H and O–H groups in total. The average molecular weight is 209 g/mol. The lowest BCUT2D eigenvalue weighted by molar-refractivity contribution is 0.0659. The first-order valence-corrected chi connectivity index (χ1v) is 5.26. The minimum atomic E-state index is -1.02. The fourth-order valence-corrected chi connectivity index (χ4v) is 1.71. The normalized spacial score (nSPS) is 18.5. The molecule has 4 nitrogen and oxygen atoms in total. The van der Waals surface area contributed by atoms with Crippen LogP contribution in [0.4, 0.5) is 0 Å². The topological polar surface area (TPSA) is 62.5 Å². The SMILES string of the molecule is CC(NC1CCC1)c1ccc(C(=O)O)o1. The Morgan fingerprint density at radius 2 is 2.33 bits per heavy atom. The van der Waals surface area contributed by atoms with E-state index in [-0.39, 0.29) is 11.8 Å². The minimum absolute atomic E-state index is 0.00672. The molecular formula is C11H15NO3. The van der Waals surface area contributed by atoms with Gasteiger partial charge >= 0.3 is 5.97 Å². The summed E-state index contributed by atoms with van der Waals surface area (Å²) in [7, 11) is 0. The predicted octanol–water partition coefficient (Wildman–Crippen LogP) is 2.18. The number of carboxylic acid groups (broad SMARTS) is 1. The first kappa shape index (κ1) is 10.2. The van der Waals surface area contributed by atoms with Crippen molar-refractivity contribution < 1.29 is 14.3 Å². The molecule has 1 aliphatic carbocycles. The molecule has 1 fully saturated rings. The van der Waals surface area contributed by atoms with Crippen LogP contribution in [0, 0.1) is 0 Å². The first-order valence-electron chi connectivity index (χ1n) is 5.26. The third-order valence-electron chi connectivity index (χ3n) is 2.86. The molecule has 1 aromatic rings. The second kappa shape index (κ2) is 4.06. The Hall–Kier alpha value is -1.29. The van der Waals surface area contributed by atoms with Gasteiger partial charge in [0.05, 0.1) is 6.04 Å². The van der Waals surface area contributed by atoms with Crippen molar-refractivity contribution in [1.82, 2.24) is 5.32 Å². The number of carbonyl (C=O) groups is 1. The van der Waals surface area contributed by atoms with Gasteiger partial charge in [0, 0.05) is 6.04 Å². The van der Waals surface area contributed by atoms with Gasteiger partial charge in [0.25, 0.3) is 0 Å². The Kier molecular flexibility index (Phi) is 2.77. The van der Waals surface area contributed by atoms with E-state index in [1.54, 1.807) is 6.07 Å². The van der Waals surface area contributed by atoms with Crippen molar-refractivity contribution in [1.29, 1.82) is 0 Å². The highest BCUT2D eigenvalue weighted by Crippen LogP contribution is 2.23. The summed E-state index contributed by atoms with van der Waals surface area (Å²) in [5.41, 5.74) is 0. The summed E-state index contributed by atoms with van der Waals surface area (Å²) in [6.07, 6.45) is 3.69. The van der Waals surface area contributed by atoms with Gasteiger partial charge in [0.2, 0.25) is 5.76 Å². The van der Waals surface area contributed by atoms with Gasteiger partial charge in [-0.1, -0.05) is 6.42 Å². The zero-order valence-electron chi connectivity index (χ0n) is 8.69. The molecular weight excluding hydrogens is 194 g/mol. The van der Waals surface area contributed by atoms with Crippen LogP contribution in [-0.4, -0.2) is 17.1 Å². The molecule has 15 heavy (non-hydrogen) atoms. The van der Waals surface area contributed by atoms with E-state index < -0.39 is 5.97 Å². The molecule has 1 unspecified atom stereocenters. The standard InChI is InChI=1S/C11H15NO3/c1-7(12-8-3-2-4-8)9-5-6-10(15-9)11(13)14/h5-8,12H,2-4H2,1H3,(H,13,14). The lowest BCUT2D eigenvalue weighted by atomic mass is 9.92. The summed E-state index contributed by atoms with van der Waals surface area (Å²) in [6.45, 7) is 1.99. The first-order chi connectivity index (χ1) is 7.16. The van der Waals surface area contributed by atoms with E-state index in [9.17, 15) is 4.79 Å². The number of nitrogens with one attached hydrogen (secondary N) is 1. The zero-order chi connectivity index (χ0) is 10.8. The lowest BCUT2D eigenvalue weighted by Gasteiger charge is -2.29. The highest BCUT2D eigenvalue weighted by Gasteiger charge is 2.21. The molecule has 0 spiro atoms. The summed E-state index contributed by atoms with van der Waals surface area (Å²) >= 11 is 0. The molecule has 4 heteroatoms. The van der Waals surface area contributed by atoms with Crippen molar-refractivity contribution in [2.24, 2.45) is 0 Å². The van der Waals surface area contributed by atoms with Crippen LogP contribution in [0.5, 0.6) is 0 Å². The van der Waals surface area contributed by atoms with Crippen molar-refractivity contribution in [3.05, 3.63) is 23.7 Å². The van der Waals surface area contributed by atoms with Gasteiger partial charge in [-0.15, -0.1) is 0 Å². The van der Waals surface area contributed by atoms with Gasteiger partial charge in [-0.05, 0) is 31.9 Å². The number of hydrogen-bond acceptors (Lipinski definition) is 3. The van der Waals surface area contributed by atoms with Crippen molar-refractivity contribution >= 4 is 5.97 Å². The molecule has 1 heterocycles. The maximum absolute atomic E-state index is 10.6. The van der Waals surface area contributed by atoms with E-state index in [1.807, 2.05) is 6.92 Å². The average Bonchev–Trinajstić information content (AvgIpc) is 2.59. The van der Waals surface area contributed by atoms with Crippen LogP contribution in [0.15, 0.2) is 16.5 Å². The molecule has 0 saturated heterocycles. The van der Waals surface area contributed by atoms with Crippen LogP contribution < -0.4 is 5.32 Å². The van der Waals surface area contributed by atoms with Crippen molar-refractivity contribution in [3.8, 4) is 0 Å². The third kappa shape index (κ3) is 2.21. The number of furan rings is 1. The molecule has 2 rings (SSSR count). The highest BCUT2D eigenvalue weighted by atomic mass is 16.4. The van der Waals surface area contributed by atoms with Crippen molar-refractivity contribution in [2.45, 2.75) is 38.3 Å². The lowest BCUT2D eigenvalue weighted by Crippen LogP contribution is -2.36. The predicted molar refractivity (Wildman–Crippen MR) is 54.9 cm³/mol. The van der Waals surface area contributed by atoms with Gasteiger partial charge in [-0.3, -0.25) is 0 Å². The Balaban J connectivity index is 1.97. The molecule has 0 aliphatic heterocycles. The monoisotopic (exact) mass is 209 g/mol. The molecule has 1 atom stereocenters. The molecule has 0 radical (unpaired) electrons. The molecule has 0 aromatic carbocycles. The Morgan fingerprint density at radius 1 is 1.60 bits per heavy atom. The van der Waals surface area contributed by atoms with Crippen LogP contribution in [-0.2, 0) is 0 Å². The molecule has 82 valence electrons. The molecule has 0 bridgehead atoms. The maximum atomic E-state index is 10.6. The van der Waals surface area contributed by atoms with Crippen molar-refractivity contribution in [3.63, 3.8) is 0 Å². The molecule has 1 saturated carbocycles. The summed E-state index contributed by atoms with van der Waals surface area (Å²) in [6, 6.07) is 3.87. The van der Waals surface area contributed by atoms with Crippen LogP contribution >= 0.6 is 0 Å². The van der Waals surface area contributed by atoms with E-state index >= 15 is 0 Å². The van der Waals surface area contributed by atoms with Gasteiger partial charge in [0.1, 0.15) is 5.76 Å². The Bertz CT molecular complexity index is 354. The second-order valence-corrected chi connectivity index (χ2v) is 4.02. The van der Waals surface area contributed by atoms with E-state index in [4.69, 9.17) is 9.52 Å². The third-order valence-corrected chi connectivity index (χ3v) is 2.86. The fraction of sp³-hybridized carbons (Fsp3) is 0.545. The summed E-state index contributed by atoms with van der Waals surface area (Å²) in [4.78, 5) is 10.6. The number of rotatable bonds is 4. The van der Waals surface area contributed by atoms with Crippen LogP contribution in [0.25, 0.3) is 0 Å². The smallest absolute Gasteiger partial charge is 0.371 e. The van der Waals surface area contributed by atoms with Gasteiger partial charge in [-0.2, -0.15) is 0 Å². The second-order valence-electron chi connectivity index (χ2n) is 4.02. The highest BCUT2D eigenvalue weighted by molar-refractivity contribution is 5.84. The van der Waals surface area contributed by atoms with E-state index in [2.05, 4.69) is 5.32 Å². The van der Waals surface area contributed by atoms with E-state index in [0.29, 0.717) is 11.8 Å². The Labute approximate surface area is 88.3 Å². The van der Waals surface area contributed by atoms with Gasteiger partial charge in [0.15, 0.2) is 0 Å². The van der Waals surface area contributed by atoms with E-state index in [0.717, 1.165) is 0 Å². The van der Waals surface area contributed by atoms with Crippen LogP contribution in [0.2, 0.25) is 0 Å². The maximum Gasteiger partial charge on any atom is 0.371 e. The number of carboxylic acids is 1. The van der Waals surface area contributed by atoms with Crippen LogP contribution in [0.3, 0.4) is 0 Å². The summed E-state index contributed by atoms with van der Waals surface area (Å²) < 4.78 is 5.21. The minimum Gasteiger partial charge on any atom is -0.475 e.